The summed E-state index contributed by atoms with van der Waals surface area (Å²) in [6, 6.07) is 1.94. The summed E-state index contributed by atoms with van der Waals surface area (Å²) in [5, 5.41) is 0. The van der Waals surface area contributed by atoms with Crippen LogP contribution in [-0.4, -0.2) is 16.5 Å². The summed E-state index contributed by atoms with van der Waals surface area (Å²) in [6.07, 6.45) is 3.77. The van der Waals surface area contributed by atoms with E-state index in [2.05, 4.69) is 43.5 Å². The first-order valence-electron chi connectivity index (χ1n) is 3.59. The maximum absolute atomic E-state index is 5.24. The molecule has 0 aliphatic carbocycles. The van der Waals surface area contributed by atoms with E-state index >= 15 is 0 Å². The fourth-order valence-electron chi connectivity index (χ4n) is 1.16. The quantitative estimate of drug-likeness (QED) is 0.738. The second-order valence-electron chi connectivity index (χ2n) is 2.47. The topological polar surface area (TPSA) is 26.5 Å². The molecule has 68 valence electrons. The van der Waals surface area contributed by atoms with Crippen LogP contribution in [-0.2, 0) is 0 Å². The van der Waals surface area contributed by atoms with Crippen LogP contribution < -0.4 is 4.74 Å². The maximum Gasteiger partial charge on any atom is 0.181 e. The molecule has 0 aliphatic heterocycles. The molecule has 0 amide bonds. The molecule has 0 saturated carbocycles. The Labute approximate surface area is 97.4 Å². The smallest absolute Gasteiger partial charge is 0.181 e. The Balaban J connectivity index is 2.85. The first-order valence-corrected chi connectivity index (χ1v) is 5.46. The standard InChI is InChI=1S/C8H6BrIN2O/c1-13-7-5(9)2-3-12-6(10)4-11-8(7)12/h2-4H,1H3. The lowest BCUT2D eigenvalue weighted by Crippen LogP contribution is -1.92. The molecule has 0 atom stereocenters. The van der Waals surface area contributed by atoms with E-state index in [1.165, 1.54) is 0 Å². The number of hydrogen-bond donors (Lipinski definition) is 0. The summed E-state index contributed by atoms with van der Waals surface area (Å²) in [5.74, 6) is 0.769. The molecular formula is C8H6BrIN2O. The molecule has 0 spiro atoms. The van der Waals surface area contributed by atoms with Crippen LogP contribution in [0.3, 0.4) is 0 Å². The SMILES string of the molecule is COc1c(Br)ccn2c(I)cnc12. The highest BCUT2D eigenvalue weighted by Crippen LogP contribution is 2.29. The van der Waals surface area contributed by atoms with E-state index in [1.807, 2.05) is 22.9 Å². The molecule has 3 nitrogen and oxygen atoms in total. The molecule has 2 heterocycles. The minimum atomic E-state index is 0.769. The van der Waals surface area contributed by atoms with Gasteiger partial charge in [0.05, 0.1) is 17.8 Å². The molecule has 0 radical (unpaired) electrons. The van der Waals surface area contributed by atoms with Crippen LogP contribution in [0.1, 0.15) is 0 Å². The number of aromatic nitrogens is 2. The van der Waals surface area contributed by atoms with Crippen LogP contribution in [0.2, 0.25) is 0 Å². The van der Waals surface area contributed by atoms with Crippen LogP contribution in [0.25, 0.3) is 5.65 Å². The summed E-state index contributed by atoms with van der Waals surface area (Å²) >= 11 is 5.63. The Kier molecular flexibility index (Phi) is 2.46. The van der Waals surface area contributed by atoms with Gasteiger partial charge in [-0.05, 0) is 44.6 Å². The van der Waals surface area contributed by atoms with E-state index in [4.69, 9.17) is 4.74 Å². The number of halogens is 2. The van der Waals surface area contributed by atoms with Gasteiger partial charge in [0.15, 0.2) is 11.4 Å². The number of hydrogen-bond acceptors (Lipinski definition) is 2. The zero-order valence-corrected chi connectivity index (χ0v) is 10.5. The van der Waals surface area contributed by atoms with Gasteiger partial charge in [-0.15, -0.1) is 0 Å². The molecule has 2 rings (SSSR count). The molecule has 0 bridgehead atoms. The fourth-order valence-corrected chi connectivity index (χ4v) is 2.15. The second-order valence-corrected chi connectivity index (χ2v) is 4.43. The zero-order valence-electron chi connectivity index (χ0n) is 6.79. The number of rotatable bonds is 1. The van der Waals surface area contributed by atoms with Crippen molar-refractivity contribution in [1.29, 1.82) is 0 Å². The molecule has 2 aromatic heterocycles. The van der Waals surface area contributed by atoms with Crippen molar-refractivity contribution in [3.8, 4) is 5.75 Å². The van der Waals surface area contributed by atoms with Gasteiger partial charge in [0.2, 0.25) is 0 Å². The Morgan fingerprint density at radius 3 is 3.08 bits per heavy atom. The molecular weight excluding hydrogens is 347 g/mol. The highest BCUT2D eigenvalue weighted by molar-refractivity contribution is 14.1. The van der Waals surface area contributed by atoms with E-state index in [-0.39, 0.29) is 0 Å². The predicted octanol–water partition coefficient (Wildman–Crippen LogP) is 2.71. The normalized spacial score (nSPS) is 10.7. The van der Waals surface area contributed by atoms with Gasteiger partial charge in [-0.25, -0.2) is 4.98 Å². The van der Waals surface area contributed by atoms with E-state index in [1.54, 1.807) is 7.11 Å². The summed E-state index contributed by atoms with van der Waals surface area (Å²) in [4.78, 5) is 4.25. The van der Waals surface area contributed by atoms with Gasteiger partial charge in [0, 0.05) is 6.20 Å². The Morgan fingerprint density at radius 2 is 2.38 bits per heavy atom. The lowest BCUT2D eigenvalue weighted by molar-refractivity contribution is 0.414. The monoisotopic (exact) mass is 352 g/mol. The van der Waals surface area contributed by atoms with Crippen molar-refractivity contribution >= 4 is 44.2 Å². The number of ether oxygens (including phenoxy) is 1. The maximum atomic E-state index is 5.24. The van der Waals surface area contributed by atoms with E-state index in [0.717, 1.165) is 19.6 Å². The lowest BCUT2D eigenvalue weighted by atomic mass is 10.4. The zero-order chi connectivity index (χ0) is 9.42. The van der Waals surface area contributed by atoms with Gasteiger partial charge in [-0.3, -0.25) is 4.40 Å². The van der Waals surface area contributed by atoms with Crippen molar-refractivity contribution in [2.24, 2.45) is 0 Å². The van der Waals surface area contributed by atoms with Gasteiger partial charge in [-0.2, -0.15) is 0 Å². The lowest BCUT2D eigenvalue weighted by Gasteiger charge is -2.04. The molecule has 0 aromatic carbocycles. The summed E-state index contributed by atoms with van der Waals surface area (Å²) in [5.41, 5.74) is 0.835. The average molecular weight is 353 g/mol. The molecule has 0 aliphatic rings. The Bertz CT molecular complexity index is 455. The molecule has 5 heteroatoms. The van der Waals surface area contributed by atoms with Crippen molar-refractivity contribution < 1.29 is 4.74 Å². The predicted molar refractivity (Wildman–Crippen MR) is 62.2 cm³/mol. The van der Waals surface area contributed by atoms with Crippen LogP contribution in [0.15, 0.2) is 22.9 Å². The molecule has 0 saturated heterocycles. The van der Waals surface area contributed by atoms with Crippen molar-refractivity contribution in [1.82, 2.24) is 9.38 Å². The first-order chi connectivity index (χ1) is 6.24. The third-order valence-corrected chi connectivity index (χ3v) is 3.17. The molecule has 0 unspecified atom stereocenters. The third kappa shape index (κ3) is 1.43. The fraction of sp³-hybridized carbons (Fsp3) is 0.125. The van der Waals surface area contributed by atoms with Crippen LogP contribution in [0.4, 0.5) is 0 Å². The van der Waals surface area contributed by atoms with Crippen LogP contribution in [0, 0.1) is 3.70 Å². The molecule has 2 aromatic rings. The number of imidazole rings is 1. The summed E-state index contributed by atoms with van der Waals surface area (Å²) < 4.78 is 9.20. The summed E-state index contributed by atoms with van der Waals surface area (Å²) in [7, 11) is 1.64. The minimum Gasteiger partial charge on any atom is -0.492 e. The van der Waals surface area contributed by atoms with E-state index < -0.39 is 0 Å². The average Bonchev–Trinajstić information content (AvgIpc) is 2.48. The molecule has 13 heavy (non-hydrogen) atoms. The largest absolute Gasteiger partial charge is 0.492 e. The van der Waals surface area contributed by atoms with Gasteiger partial charge < -0.3 is 4.74 Å². The second kappa shape index (κ2) is 3.45. The molecule has 0 N–H and O–H groups in total. The number of nitrogens with zero attached hydrogens (tertiary/aromatic N) is 2. The number of pyridine rings is 1. The van der Waals surface area contributed by atoms with Crippen LogP contribution in [0.5, 0.6) is 5.75 Å². The van der Waals surface area contributed by atoms with Gasteiger partial charge in [-0.1, -0.05) is 0 Å². The van der Waals surface area contributed by atoms with Crippen molar-refractivity contribution in [3.05, 3.63) is 26.6 Å². The highest BCUT2D eigenvalue weighted by Gasteiger charge is 2.09. The third-order valence-electron chi connectivity index (χ3n) is 1.75. The summed E-state index contributed by atoms with van der Waals surface area (Å²) in [6.45, 7) is 0. The molecule has 0 fully saturated rings. The number of fused-ring (bicyclic) bond motifs is 1. The Morgan fingerprint density at radius 1 is 1.62 bits per heavy atom. The van der Waals surface area contributed by atoms with E-state index in [9.17, 15) is 0 Å². The van der Waals surface area contributed by atoms with Gasteiger partial charge in [0.1, 0.15) is 3.70 Å². The van der Waals surface area contributed by atoms with E-state index in [0.29, 0.717) is 0 Å². The Hall–Kier alpha value is -0.300. The number of methoxy groups -OCH3 is 1. The van der Waals surface area contributed by atoms with Crippen molar-refractivity contribution in [2.75, 3.05) is 7.11 Å². The minimum absolute atomic E-state index is 0.769. The van der Waals surface area contributed by atoms with Gasteiger partial charge in [0.25, 0.3) is 0 Å². The van der Waals surface area contributed by atoms with Crippen LogP contribution >= 0.6 is 38.5 Å². The highest BCUT2D eigenvalue weighted by atomic mass is 127. The van der Waals surface area contributed by atoms with Crippen molar-refractivity contribution in [2.45, 2.75) is 0 Å². The van der Waals surface area contributed by atoms with Crippen molar-refractivity contribution in [3.63, 3.8) is 0 Å². The first kappa shape index (κ1) is 9.26. The van der Waals surface area contributed by atoms with Gasteiger partial charge >= 0.3 is 0 Å².